The lowest BCUT2D eigenvalue weighted by atomic mass is 9.94. The van der Waals surface area contributed by atoms with Crippen LogP contribution in [-0.2, 0) is 16.0 Å². The maximum atomic E-state index is 12.9. The molecule has 7 heteroatoms. The summed E-state index contributed by atoms with van der Waals surface area (Å²) in [7, 11) is 0. The number of nitrogens with two attached hydrogens (primary N) is 1. The van der Waals surface area contributed by atoms with E-state index in [4.69, 9.17) is 5.73 Å². The van der Waals surface area contributed by atoms with Crippen LogP contribution < -0.4 is 5.73 Å². The zero-order valence-electron chi connectivity index (χ0n) is 15.6. The SMILES string of the molecule is CC(=O)N1CCC(C(=O)N2CCCC(Cc3cnc(N)cn3)CC2)CC1. The van der Waals surface area contributed by atoms with Gasteiger partial charge in [0.2, 0.25) is 11.8 Å². The van der Waals surface area contributed by atoms with E-state index in [0.29, 0.717) is 24.8 Å². The van der Waals surface area contributed by atoms with Gasteiger partial charge >= 0.3 is 0 Å². The number of piperidine rings is 1. The number of hydrogen-bond donors (Lipinski definition) is 1. The number of carbonyl (C=O) groups is 2. The Kier molecular flexibility index (Phi) is 6.06. The predicted octanol–water partition coefficient (Wildman–Crippen LogP) is 1.49. The van der Waals surface area contributed by atoms with Crippen LogP contribution in [0.1, 0.15) is 44.7 Å². The fourth-order valence-electron chi connectivity index (χ4n) is 4.06. The number of aromatic nitrogens is 2. The molecule has 2 amide bonds. The van der Waals surface area contributed by atoms with Crippen molar-refractivity contribution in [1.82, 2.24) is 19.8 Å². The van der Waals surface area contributed by atoms with Crippen molar-refractivity contribution in [2.45, 2.75) is 45.4 Å². The molecule has 0 spiro atoms. The van der Waals surface area contributed by atoms with Gasteiger partial charge in [0.15, 0.2) is 0 Å². The second-order valence-corrected chi connectivity index (χ2v) is 7.54. The molecule has 0 radical (unpaired) electrons. The van der Waals surface area contributed by atoms with Gasteiger partial charge in [0, 0.05) is 39.0 Å². The zero-order valence-corrected chi connectivity index (χ0v) is 15.6. The van der Waals surface area contributed by atoms with E-state index in [1.54, 1.807) is 19.3 Å². The maximum absolute atomic E-state index is 12.9. The quantitative estimate of drug-likeness (QED) is 0.883. The Morgan fingerprint density at radius 2 is 1.77 bits per heavy atom. The molecule has 3 heterocycles. The van der Waals surface area contributed by atoms with Gasteiger partial charge in [-0.05, 0) is 44.4 Å². The van der Waals surface area contributed by atoms with Gasteiger partial charge in [-0.2, -0.15) is 0 Å². The fourth-order valence-corrected chi connectivity index (χ4v) is 4.06. The van der Waals surface area contributed by atoms with Crippen LogP contribution in [0.4, 0.5) is 5.82 Å². The Bertz CT molecular complexity index is 625. The van der Waals surface area contributed by atoms with Gasteiger partial charge in [0.05, 0.1) is 18.1 Å². The average Bonchev–Trinajstić information content (AvgIpc) is 2.89. The summed E-state index contributed by atoms with van der Waals surface area (Å²) in [5.41, 5.74) is 6.57. The number of rotatable bonds is 3. The van der Waals surface area contributed by atoms with Gasteiger partial charge < -0.3 is 15.5 Å². The van der Waals surface area contributed by atoms with Crippen LogP contribution in [0.15, 0.2) is 12.4 Å². The van der Waals surface area contributed by atoms with Crippen molar-refractivity contribution in [1.29, 1.82) is 0 Å². The molecule has 0 aliphatic carbocycles. The Hall–Kier alpha value is -2.18. The molecule has 142 valence electrons. The summed E-state index contributed by atoms with van der Waals surface area (Å²) in [5, 5.41) is 0. The Morgan fingerprint density at radius 1 is 1.04 bits per heavy atom. The monoisotopic (exact) mass is 359 g/mol. The van der Waals surface area contributed by atoms with Crippen LogP contribution in [0.5, 0.6) is 0 Å². The van der Waals surface area contributed by atoms with Crippen molar-refractivity contribution in [2.24, 2.45) is 11.8 Å². The van der Waals surface area contributed by atoms with E-state index < -0.39 is 0 Å². The summed E-state index contributed by atoms with van der Waals surface area (Å²) >= 11 is 0. The molecular weight excluding hydrogens is 330 g/mol. The zero-order chi connectivity index (χ0) is 18.5. The standard InChI is InChI=1S/C19H29N5O2/c1-14(25)23-9-5-16(6-10-23)19(26)24-7-2-3-15(4-8-24)11-17-12-22-18(20)13-21-17/h12-13,15-16H,2-11H2,1H3,(H2,20,22). The highest BCUT2D eigenvalue weighted by Crippen LogP contribution is 2.25. The van der Waals surface area contributed by atoms with Gasteiger partial charge in [0.1, 0.15) is 5.82 Å². The molecule has 0 bridgehead atoms. The first-order chi connectivity index (χ1) is 12.5. The highest BCUT2D eigenvalue weighted by molar-refractivity contribution is 5.79. The van der Waals surface area contributed by atoms with Gasteiger partial charge in [-0.15, -0.1) is 0 Å². The third-order valence-corrected chi connectivity index (χ3v) is 5.67. The molecular formula is C19H29N5O2. The number of carbonyl (C=O) groups excluding carboxylic acids is 2. The van der Waals surface area contributed by atoms with E-state index in [-0.39, 0.29) is 17.7 Å². The molecule has 0 saturated carbocycles. The summed E-state index contributed by atoms with van der Waals surface area (Å²) in [4.78, 5) is 36.7. The minimum Gasteiger partial charge on any atom is -0.382 e. The van der Waals surface area contributed by atoms with Crippen molar-refractivity contribution in [3.63, 3.8) is 0 Å². The number of likely N-dealkylation sites (tertiary alicyclic amines) is 2. The fraction of sp³-hybridized carbons (Fsp3) is 0.684. The van der Waals surface area contributed by atoms with Gasteiger partial charge in [0.25, 0.3) is 0 Å². The summed E-state index contributed by atoms with van der Waals surface area (Å²) < 4.78 is 0. The second kappa shape index (κ2) is 8.47. The lowest BCUT2D eigenvalue weighted by Crippen LogP contribution is -2.44. The smallest absolute Gasteiger partial charge is 0.225 e. The van der Waals surface area contributed by atoms with Crippen LogP contribution in [0.2, 0.25) is 0 Å². The topological polar surface area (TPSA) is 92.4 Å². The van der Waals surface area contributed by atoms with Gasteiger partial charge in [-0.1, -0.05) is 0 Å². The lowest BCUT2D eigenvalue weighted by Gasteiger charge is -2.33. The molecule has 2 saturated heterocycles. The molecule has 1 aromatic rings. The first-order valence-corrected chi connectivity index (χ1v) is 9.63. The van der Waals surface area contributed by atoms with Crippen LogP contribution >= 0.6 is 0 Å². The number of amides is 2. The summed E-state index contributed by atoms with van der Waals surface area (Å²) in [6, 6.07) is 0. The van der Waals surface area contributed by atoms with Crippen molar-refractivity contribution < 1.29 is 9.59 Å². The molecule has 3 rings (SSSR count). The molecule has 2 aliphatic rings. The van der Waals surface area contributed by atoms with Crippen molar-refractivity contribution in [3.05, 3.63) is 18.1 Å². The minimum atomic E-state index is 0.0742. The highest BCUT2D eigenvalue weighted by Gasteiger charge is 2.30. The molecule has 1 unspecified atom stereocenters. The lowest BCUT2D eigenvalue weighted by molar-refractivity contribution is -0.140. The summed E-state index contributed by atoms with van der Waals surface area (Å²) in [6.45, 7) is 4.67. The average molecular weight is 359 g/mol. The van der Waals surface area contributed by atoms with Crippen LogP contribution in [-0.4, -0.2) is 57.8 Å². The van der Waals surface area contributed by atoms with Gasteiger partial charge in [-0.3, -0.25) is 14.6 Å². The van der Waals surface area contributed by atoms with E-state index in [1.165, 1.54) is 0 Å². The number of anilines is 1. The molecule has 7 nitrogen and oxygen atoms in total. The maximum Gasteiger partial charge on any atom is 0.225 e. The molecule has 2 N–H and O–H groups in total. The molecule has 26 heavy (non-hydrogen) atoms. The summed E-state index contributed by atoms with van der Waals surface area (Å²) in [5.74, 6) is 1.44. The Labute approximate surface area is 155 Å². The van der Waals surface area contributed by atoms with E-state index in [9.17, 15) is 9.59 Å². The van der Waals surface area contributed by atoms with Crippen LogP contribution in [0.3, 0.4) is 0 Å². The van der Waals surface area contributed by atoms with Crippen LogP contribution in [0.25, 0.3) is 0 Å². The largest absolute Gasteiger partial charge is 0.382 e. The molecule has 2 fully saturated rings. The Morgan fingerprint density at radius 3 is 2.42 bits per heavy atom. The number of nitrogen functional groups attached to an aromatic ring is 1. The molecule has 2 aliphatic heterocycles. The first-order valence-electron chi connectivity index (χ1n) is 9.63. The summed E-state index contributed by atoms with van der Waals surface area (Å²) in [6.07, 6.45) is 8.99. The molecule has 1 aromatic heterocycles. The van der Waals surface area contributed by atoms with E-state index in [2.05, 4.69) is 9.97 Å². The molecule has 0 aromatic carbocycles. The Balaban J connectivity index is 1.49. The third kappa shape index (κ3) is 4.71. The van der Waals surface area contributed by atoms with E-state index in [0.717, 1.165) is 57.3 Å². The highest BCUT2D eigenvalue weighted by atomic mass is 16.2. The van der Waals surface area contributed by atoms with Crippen molar-refractivity contribution in [3.8, 4) is 0 Å². The number of nitrogens with zero attached hydrogens (tertiary/aromatic N) is 4. The van der Waals surface area contributed by atoms with Crippen molar-refractivity contribution >= 4 is 17.6 Å². The van der Waals surface area contributed by atoms with E-state index >= 15 is 0 Å². The number of hydrogen-bond acceptors (Lipinski definition) is 5. The van der Waals surface area contributed by atoms with Crippen molar-refractivity contribution in [2.75, 3.05) is 31.9 Å². The first kappa shape index (κ1) is 18.6. The second-order valence-electron chi connectivity index (χ2n) is 7.54. The van der Waals surface area contributed by atoms with E-state index in [1.807, 2.05) is 9.80 Å². The normalized spacial score (nSPS) is 22.1. The predicted molar refractivity (Wildman–Crippen MR) is 99.0 cm³/mol. The van der Waals surface area contributed by atoms with Crippen LogP contribution in [0, 0.1) is 11.8 Å². The van der Waals surface area contributed by atoms with Gasteiger partial charge in [-0.25, -0.2) is 4.98 Å². The third-order valence-electron chi connectivity index (χ3n) is 5.67. The minimum absolute atomic E-state index is 0.0742. The molecule has 1 atom stereocenters.